The minimum atomic E-state index is 0.498. The molecule has 1 saturated heterocycles. The van der Waals surface area contributed by atoms with Crippen molar-refractivity contribution in [3.8, 4) is 5.75 Å². The Balaban J connectivity index is 1.64. The van der Waals surface area contributed by atoms with Crippen LogP contribution >= 0.6 is 0 Å². The predicted molar refractivity (Wildman–Crippen MR) is 81.6 cm³/mol. The van der Waals surface area contributed by atoms with E-state index in [1.54, 1.807) is 7.11 Å². The number of piperidine rings is 1. The van der Waals surface area contributed by atoms with Crippen LogP contribution < -0.4 is 4.74 Å². The highest BCUT2D eigenvalue weighted by molar-refractivity contribution is 5.28. The molecule has 0 spiro atoms. The zero-order valence-electron chi connectivity index (χ0n) is 12.7. The summed E-state index contributed by atoms with van der Waals surface area (Å²) in [4.78, 5) is 6.82. The Morgan fingerprint density at radius 2 is 1.90 bits per heavy atom. The summed E-state index contributed by atoms with van der Waals surface area (Å²) in [6, 6.07) is 8.58. The van der Waals surface area contributed by atoms with Crippen molar-refractivity contribution >= 4 is 0 Å². The number of methoxy groups -OCH3 is 1. The number of rotatable bonds is 4. The maximum Gasteiger partial charge on any atom is 0.154 e. The first-order chi connectivity index (χ1) is 10.2. The minimum absolute atomic E-state index is 0.498. The molecule has 0 N–H and O–H groups in total. The van der Waals surface area contributed by atoms with Gasteiger partial charge >= 0.3 is 0 Å². The van der Waals surface area contributed by atoms with Gasteiger partial charge in [-0.3, -0.25) is 0 Å². The van der Waals surface area contributed by atoms with Gasteiger partial charge in [0.25, 0.3) is 0 Å². The average Bonchev–Trinajstić information content (AvgIpc) is 2.97. The molecule has 21 heavy (non-hydrogen) atoms. The summed E-state index contributed by atoms with van der Waals surface area (Å²) in [5, 5.41) is 4.65. The molecule has 0 radical (unpaired) electrons. The molecular weight excluding hydrogens is 264 g/mol. The Hall–Kier alpha value is -1.88. The Bertz CT molecular complexity index is 570. The van der Waals surface area contributed by atoms with Gasteiger partial charge < -0.3 is 9.64 Å². The standard InChI is InChI=1S/C16H22N4O/c1-19-9-7-14(8-10-19)20-12-17-16(18-20)11-13-3-5-15(21-2)6-4-13/h3-6,12,14H,7-11H2,1-2H3. The van der Waals surface area contributed by atoms with E-state index < -0.39 is 0 Å². The zero-order valence-corrected chi connectivity index (χ0v) is 12.7. The summed E-state index contributed by atoms with van der Waals surface area (Å²) < 4.78 is 7.22. The average molecular weight is 286 g/mol. The van der Waals surface area contributed by atoms with Gasteiger partial charge in [0.1, 0.15) is 12.1 Å². The molecular formula is C16H22N4O. The number of aromatic nitrogens is 3. The molecule has 0 bridgehead atoms. The van der Waals surface area contributed by atoms with Crippen LogP contribution in [0.25, 0.3) is 0 Å². The van der Waals surface area contributed by atoms with Gasteiger partial charge in [0.05, 0.1) is 13.2 Å². The van der Waals surface area contributed by atoms with Gasteiger partial charge in [0.15, 0.2) is 5.82 Å². The summed E-state index contributed by atoms with van der Waals surface area (Å²) in [5.41, 5.74) is 1.21. The van der Waals surface area contributed by atoms with E-state index in [1.807, 2.05) is 23.1 Å². The van der Waals surface area contributed by atoms with E-state index in [0.717, 1.165) is 43.9 Å². The Kier molecular flexibility index (Phi) is 4.20. The van der Waals surface area contributed by atoms with Gasteiger partial charge in [0, 0.05) is 6.42 Å². The molecule has 0 aliphatic carbocycles. The fourth-order valence-electron chi connectivity index (χ4n) is 2.75. The normalized spacial score (nSPS) is 17.0. The second-order valence-corrected chi connectivity index (χ2v) is 5.70. The van der Waals surface area contributed by atoms with Crippen molar-refractivity contribution in [1.82, 2.24) is 19.7 Å². The lowest BCUT2D eigenvalue weighted by Gasteiger charge is -2.28. The molecule has 0 unspecified atom stereocenters. The molecule has 1 aliphatic heterocycles. The number of likely N-dealkylation sites (tertiary alicyclic amines) is 1. The smallest absolute Gasteiger partial charge is 0.154 e. The fourth-order valence-corrected chi connectivity index (χ4v) is 2.75. The molecule has 1 aromatic carbocycles. The van der Waals surface area contributed by atoms with E-state index in [1.165, 1.54) is 5.56 Å². The summed E-state index contributed by atoms with van der Waals surface area (Å²) in [6.45, 7) is 2.27. The minimum Gasteiger partial charge on any atom is -0.497 e. The van der Waals surface area contributed by atoms with Crippen molar-refractivity contribution in [2.24, 2.45) is 0 Å². The Labute approximate surface area is 125 Å². The molecule has 2 aromatic rings. The van der Waals surface area contributed by atoms with Crippen LogP contribution in [0.1, 0.15) is 30.3 Å². The molecule has 1 aromatic heterocycles. The van der Waals surface area contributed by atoms with E-state index >= 15 is 0 Å². The first kappa shape index (κ1) is 14.1. The third-order valence-electron chi connectivity index (χ3n) is 4.14. The van der Waals surface area contributed by atoms with Crippen molar-refractivity contribution in [2.75, 3.05) is 27.2 Å². The lowest BCUT2D eigenvalue weighted by atomic mass is 10.1. The first-order valence-corrected chi connectivity index (χ1v) is 7.46. The van der Waals surface area contributed by atoms with Crippen LogP contribution in [0.3, 0.4) is 0 Å². The topological polar surface area (TPSA) is 43.2 Å². The van der Waals surface area contributed by atoms with Gasteiger partial charge in [-0.15, -0.1) is 0 Å². The SMILES string of the molecule is COc1ccc(Cc2ncn(C3CCN(C)CC3)n2)cc1. The zero-order chi connectivity index (χ0) is 14.7. The Morgan fingerprint density at radius 3 is 2.57 bits per heavy atom. The molecule has 1 fully saturated rings. The van der Waals surface area contributed by atoms with E-state index in [2.05, 4.69) is 34.2 Å². The third-order valence-corrected chi connectivity index (χ3v) is 4.14. The number of ether oxygens (including phenoxy) is 1. The highest BCUT2D eigenvalue weighted by Crippen LogP contribution is 2.21. The molecule has 0 saturated carbocycles. The molecule has 2 heterocycles. The maximum absolute atomic E-state index is 5.17. The molecule has 5 heteroatoms. The summed E-state index contributed by atoms with van der Waals surface area (Å²) in [5.74, 6) is 1.77. The van der Waals surface area contributed by atoms with Crippen LogP contribution in [-0.4, -0.2) is 46.9 Å². The van der Waals surface area contributed by atoms with Crippen LogP contribution in [0.4, 0.5) is 0 Å². The van der Waals surface area contributed by atoms with Crippen molar-refractivity contribution in [3.63, 3.8) is 0 Å². The highest BCUT2D eigenvalue weighted by atomic mass is 16.5. The Morgan fingerprint density at radius 1 is 1.19 bits per heavy atom. The number of hydrogen-bond donors (Lipinski definition) is 0. The largest absolute Gasteiger partial charge is 0.497 e. The van der Waals surface area contributed by atoms with Crippen molar-refractivity contribution in [3.05, 3.63) is 42.0 Å². The van der Waals surface area contributed by atoms with Crippen LogP contribution in [0, 0.1) is 0 Å². The van der Waals surface area contributed by atoms with Gasteiger partial charge in [-0.25, -0.2) is 9.67 Å². The van der Waals surface area contributed by atoms with E-state index in [4.69, 9.17) is 4.74 Å². The van der Waals surface area contributed by atoms with E-state index in [0.29, 0.717) is 6.04 Å². The lowest BCUT2D eigenvalue weighted by molar-refractivity contribution is 0.212. The molecule has 5 nitrogen and oxygen atoms in total. The monoisotopic (exact) mass is 286 g/mol. The van der Waals surface area contributed by atoms with Crippen LogP contribution in [-0.2, 0) is 6.42 Å². The second kappa shape index (κ2) is 6.26. The molecule has 1 aliphatic rings. The number of hydrogen-bond acceptors (Lipinski definition) is 4. The van der Waals surface area contributed by atoms with E-state index in [-0.39, 0.29) is 0 Å². The van der Waals surface area contributed by atoms with Crippen molar-refractivity contribution in [2.45, 2.75) is 25.3 Å². The number of nitrogens with zero attached hydrogens (tertiary/aromatic N) is 4. The van der Waals surface area contributed by atoms with Gasteiger partial charge in [0.2, 0.25) is 0 Å². The highest BCUT2D eigenvalue weighted by Gasteiger charge is 2.19. The van der Waals surface area contributed by atoms with E-state index in [9.17, 15) is 0 Å². The summed E-state index contributed by atoms with van der Waals surface area (Å²) in [6.07, 6.45) is 4.96. The van der Waals surface area contributed by atoms with Gasteiger partial charge in [-0.05, 0) is 50.7 Å². The van der Waals surface area contributed by atoms with Gasteiger partial charge in [-0.2, -0.15) is 5.10 Å². The van der Waals surface area contributed by atoms with Crippen molar-refractivity contribution in [1.29, 1.82) is 0 Å². The second-order valence-electron chi connectivity index (χ2n) is 5.70. The quantitative estimate of drug-likeness (QED) is 0.864. The molecule has 3 rings (SSSR count). The molecule has 0 amide bonds. The van der Waals surface area contributed by atoms with Crippen LogP contribution in [0.15, 0.2) is 30.6 Å². The number of benzene rings is 1. The van der Waals surface area contributed by atoms with Crippen LogP contribution in [0.5, 0.6) is 5.75 Å². The summed E-state index contributed by atoms with van der Waals surface area (Å²) in [7, 11) is 3.85. The molecule has 0 atom stereocenters. The van der Waals surface area contributed by atoms with Crippen molar-refractivity contribution < 1.29 is 4.74 Å². The predicted octanol–water partition coefficient (Wildman–Crippen LogP) is 2.14. The van der Waals surface area contributed by atoms with Gasteiger partial charge in [-0.1, -0.05) is 12.1 Å². The fraction of sp³-hybridized carbons (Fsp3) is 0.500. The maximum atomic E-state index is 5.17. The van der Waals surface area contributed by atoms with Crippen LogP contribution in [0.2, 0.25) is 0 Å². The summed E-state index contributed by atoms with van der Waals surface area (Å²) >= 11 is 0. The third kappa shape index (κ3) is 3.42. The molecule has 112 valence electrons. The first-order valence-electron chi connectivity index (χ1n) is 7.46. The lowest BCUT2D eigenvalue weighted by Crippen LogP contribution is -2.31.